The highest BCUT2D eigenvalue weighted by atomic mass is 127. The molecule has 0 unspecified atom stereocenters. The van der Waals surface area contributed by atoms with Crippen LogP contribution in [-0.4, -0.2) is 5.11 Å². The number of hydrogen-bond acceptors (Lipinski definition) is 1. The summed E-state index contributed by atoms with van der Waals surface area (Å²) in [6, 6.07) is 25.6. The second-order valence-corrected chi connectivity index (χ2v) is 5.89. The molecule has 20 heavy (non-hydrogen) atoms. The van der Waals surface area contributed by atoms with Crippen LogP contribution in [0.3, 0.4) is 0 Å². The lowest BCUT2D eigenvalue weighted by Crippen LogP contribution is -2.29. The SMILES string of the molecule is OC(c1ccccc1)(c1ccccc1)[c-]1cccc1I. The van der Waals surface area contributed by atoms with Gasteiger partial charge in [0.2, 0.25) is 0 Å². The van der Waals surface area contributed by atoms with Gasteiger partial charge in [0, 0.05) is 0 Å². The predicted molar refractivity (Wildman–Crippen MR) is 89.7 cm³/mol. The molecule has 100 valence electrons. The Balaban J connectivity index is 2.27. The van der Waals surface area contributed by atoms with Crippen LogP contribution in [0.15, 0.2) is 78.9 Å². The van der Waals surface area contributed by atoms with Gasteiger partial charge in [-0.05, 0) is 11.1 Å². The van der Waals surface area contributed by atoms with Crippen molar-refractivity contribution in [3.8, 4) is 0 Å². The van der Waals surface area contributed by atoms with Crippen LogP contribution in [0.1, 0.15) is 16.7 Å². The Morgan fingerprint density at radius 3 is 1.65 bits per heavy atom. The van der Waals surface area contributed by atoms with E-state index in [0.717, 1.165) is 20.3 Å². The van der Waals surface area contributed by atoms with E-state index in [0.29, 0.717) is 0 Å². The molecule has 3 aromatic rings. The lowest BCUT2D eigenvalue weighted by Gasteiger charge is -2.34. The Kier molecular flexibility index (Phi) is 3.68. The fourth-order valence-electron chi connectivity index (χ4n) is 2.53. The first kappa shape index (κ1) is 13.5. The predicted octanol–water partition coefficient (Wildman–Crippen LogP) is 4.29. The summed E-state index contributed by atoms with van der Waals surface area (Å²) in [4.78, 5) is 0. The second kappa shape index (κ2) is 5.46. The highest BCUT2D eigenvalue weighted by Crippen LogP contribution is 2.38. The number of benzene rings is 2. The average molecular weight is 373 g/mol. The van der Waals surface area contributed by atoms with Crippen LogP contribution >= 0.6 is 22.6 Å². The van der Waals surface area contributed by atoms with Gasteiger partial charge in [0.15, 0.2) is 0 Å². The van der Waals surface area contributed by atoms with Crippen LogP contribution in [0, 0.1) is 3.57 Å². The van der Waals surface area contributed by atoms with E-state index in [1.807, 2.05) is 78.9 Å². The summed E-state index contributed by atoms with van der Waals surface area (Å²) < 4.78 is 1.07. The molecule has 0 heterocycles. The van der Waals surface area contributed by atoms with Crippen molar-refractivity contribution in [2.24, 2.45) is 0 Å². The van der Waals surface area contributed by atoms with Crippen molar-refractivity contribution >= 4 is 22.6 Å². The van der Waals surface area contributed by atoms with E-state index in [1.165, 1.54) is 0 Å². The molecule has 0 fully saturated rings. The van der Waals surface area contributed by atoms with E-state index < -0.39 is 5.60 Å². The van der Waals surface area contributed by atoms with Crippen LogP contribution in [0.4, 0.5) is 0 Å². The molecule has 1 N–H and O–H groups in total. The Hall–Kier alpha value is -1.52. The molecule has 0 aliphatic rings. The molecule has 0 saturated carbocycles. The third-order valence-electron chi connectivity index (χ3n) is 3.54. The van der Waals surface area contributed by atoms with Crippen molar-refractivity contribution < 1.29 is 5.11 Å². The summed E-state index contributed by atoms with van der Waals surface area (Å²) in [5.41, 5.74) is 1.59. The van der Waals surface area contributed by atoms with Gasteiger partial charge in [0.25, 0.3) is 0 Å². The third kappa shape index (κ3) is 2.19. The van der Waals surface area contributed by atoms with Crippen molar-refractivity contribution in [3.63, 3.8) is 0 Å². The lowest BCUT2D eigenvalue weighted by molar-refractivity contribution is 0.125. The molecule has 0 aliphatic heterocycles. The van der Waals surface area contributed by atoms with Crippen LogP contribution in [0.2, 0.25) is 0 Å². The van der Waals surface area contributed by atoms with Crippen molar-refractivity contribution in [3.05, 3.63) is 99.1 Å². The van der Waals surface area contributed by atoms with E-state index in [9.17, 15) is 5.11 Å². The molecular formula is C18H14IO-. The topological polar surface area (TPSA) is 20.2 Å². The van der Waals surface area contributed by atoms with Gasteiger partial charge in [0.05, 0.1) is 5.60 Å². The zero-order valence-electron chi connectivity index (χ0n) is 10.8. The third-order valence-corrected chi connectivity index (χ3v) is 4.48. The van der Waals surface area contributed by atoms with Gasteiger partial charge in [-0.15, -0.1) is 9.13 Å². The molecule has 0 amide bonds. The molecule has 0 bridgehead atoms. The fourth-order valence-corrected chi connectivity index (χ4v) is 3.31. The molecular weight excluding hydrogens is 359 g/mol. The van der Waals surface area contributed by atoms with E-state index in [2.05, 4.69) is 22.6 Å². The maximum atomic E-state index is 11.5. The number of rotatable bonds is 3. The molecule has 0 saturated heterocycles. The van der Waals surface area contributed by atoms with Gasteiger partial charge in [-0.2, -0.15) is 6.07 Å². The van der Waals surface area contributed by atoms with E-state index in [4.69, 9.17) is 0 Å². The van der Waals surface area contributed by atoms with Crippen molar-refractivity contribution in [1.82, 2.24) is 0 Å². The normalized spacial score (nSPS) is 11.5. The molecule has 3 rings (SSSR count). The summed E-state index contributed by atoms with van der Waals surface area (Å²) >= 11 is 2.27. The van der Waals surface area contributed by atoms with Crippen LogP contribution in [-0.2, 0) is 5.60 Å². The first-order chi connectivity index (χ1) is 9.73. The summed E-state index contributed by atoms with van der Waals surface area (Å²) in [5, 5.41) is 11.5. The summed E-state index contributed by atoms with van der Waals surface area (Å²) in [6.45, 7) is 0. The zero-order chi connectivity index (χ0) is 14.0. The lowest BCUT2D eigenvalue weighted by atomic mass is 9.81. The standard InChI is InChI=1S/C18H14IO/c19-17-13-7-12-16(17)18(20,14-8-3-1-4-9-14)15-10-5-2-6-11-15/h1-13,20H/q-1. The van der Waals surface area contributed by atoms with Gasteiger partial charge >= 0.3 is 0 Å². The minimum absolute atomic E-state index is 0.885. The van der Waals surface area contributed by atoms with E-state index in [1.54, 1.807) is 0 Å². The molecule has 0 aliphatic carbocycles. The van der Waals surface area contributed by atoms with Crippen LogP contribution < -0.4 is 0 Å². The highest BCUT2D eigenvalue weighted by Gasteiger charge is 2.30. The van der Waals surface area contributed by atoms with Gasteiger partial charge in [-0.1, -0.05) is 83.3 Å². The molecule has 2 heteroatoms. The maximum Gasteiger partial charge on any atom is 0.0972 e. The van der Waals surface area contributed by atoms with Crippen molar-refractivity contribution in [2.45, 2.75) is 5.60 Å². The Morgan fingerprint density at radius 1 is 0.750 bits per heavy atom. The van der Waals surface area contributed by atoms with Gasteiger partial charge in [0.1, 0.15) is 0 Å². The molecule has 3 aromatic carbocycles. The van der Waals surface area contributed by atoms with Crippen LogP contribution in [0.5, 0.6) is 0 Å². The van der Waals surface area contributed by atoms with E-state index >= 15 is 0 Å². The summed E-state index contributed by atoms with van der Waals surface area (Å²) in [7, 11) is 0. The van der Waals surface area contributed by atoms with Gasteiger partial charge < -0.3 is 5.11 Å². The van der Waals surface area contributed by atoms with Crippen molar-refractivity contribution in [2.75, 3.05) is 0 Å². The number of halogens is 1. The average Bonchev–Trinajstić information content (AvgIpc) is 2.95. The Morgan fingerprint density at radius 2 is 1.25 bits per heavy atom. The number of hydrogen-bond donors (Lipinski definition) is 1. The minimum atomic E-state index is -1.11. The number of aliphatic hydroxyl groups is 1. The summed E-state index contributed by atoms with van der Waals surface area (Å²) in [5.74, 6) is 0. The molecule has 0 spiro atoms. The molecule has 0 atom stereocenters. The molecule has 1 nitrogen and oxygen atoms in total. The summed E-state index contributed by atoms with van der Waals surface area (Å²) in [6.07, 6.45) is 0. The Labute approximate surface area is 132 Å². The Bertz CT molecular complexity index is 646. The van der Waals surface area contributed by atoms with Crippen LogP contribution in [0.25, 0.3) is 0 Å². The largest absolute Gasteiger partial charge is 0.388 e. The zero-order valence-corrected chi connectivity index (χ0v) is 13.0. The smallest absolute Gasteiger partial charge is 0.0972 e. The fraction of sp³-hybridized carbons (Fsp3) is 0.0556. The molecule has 0 aromatic heterocycles. The molecule has 0 radical (unpaired) electrons. The van der Waals surface area contributed by atoms with Gasteiger partial charge in [-0.25, -0.2) is 12.1 Å². The second-order valence-electron chi connectivity index (χ2n) is 4.73. The van der Waals surface area contributed by atoms with Gasteiger partial charge in [-0.3, -0.25) is 0 Å². The minimum Gasteiger partial charge on any atom is -0.388 e. The highest BCUT2D eigenvalue weighted by molar-refractivity contribution is 14.1. The first-order valence-corrected chi connectivity index (χ1v) is 7.56. The van der Waals surface area contributed by atoms with E-state index in [-0.39, 0.29) is 0 Å². The quantitative estimate of drug-likeness (QED) is 0.536. The van der Waals surface area contributed by atoms with Crippen molar-refractivity contribution in [1.29, 1.82) is 0 Å². The maximum absolute atomic E-state index is 11.5. The monoisotopic (exact) mass is 373 g/mol. The first-order valence-electron chi connectivity index (χ1n) is 6.48.